The van der Waals surface area contributed by atoms with Crippen LogP contribution in [0.4, 0.5) is 0 Å². The predicted molar refractivity (Wildman–Crippen MR) is 209 cm³/mol. The Balaban J connectivity index is 1.09. The largest absolute Gasteiger partial charge is 0.393 e. The Bertz CT molecular complexity index is 1400. The molecule has 53 heavy (non-hydrogen) atoms. The smallest absolute Gasteiger partial charge is 0.245 e. The third kappa shape index (κ3) is 8.67. The van der Waals surface area contributed by atoms with Gasteiger partial charge in [0.1, 0.15) is 12.1 Å². The Labute approximate surface area is 319 Å². The Morgan fingerprint density at radius 3 is 2.28 bits per heavy atom. The first-order chi connectivity index (χ1) is 25.3. The van der Waals surface area contributed by atoms with Crippen LogP contribution in [0.2, 0.25) is 0 Å². The molecule has 0 radical (unpaired) electrons. The summed E-state index contributed by atoms with van der Waals surface area (Å²) in [4.78, 5) is 45.3. The number of carbonyl (C=O) groups is 3. The first kappa shape index (κ1) is 40.2. The maximum atomic E-state index is 14.2. The van der Waals surface area contributed by atoms with Crippen molar-refractivity contribution in [2.75, 3.05) is 26.2 Å². The summed E-state index contributed by atoms with van der Waals surface area (Å²) in [5.41, 5.74) is 1.21. The average molecular weight is 735 g/mol. The second-order valence-corrected chi connectivity index (χ2v) is 18.7. The van der Waals surface area contributed by atoms with Crippen molar-refractivity contribution in [3.05, 3.63) is 35.9 Å². The lowest BCUT2D eigenvalue weighted by atomic mass is 9.44. The molecular weight excluding hydrogens is 665 g/mol. The van der Waals surface area contributed by atoms with E-state index in [1.807, 2.05) is 35.2 Å². The normalized spacial score (nSPS) is 35.5. The van der Waals surface area contributed by atoms with Crippen LogP contribution in [-0.2, 0) is 20.8 Å². The number of hydrogen-bond donors (Lipinski definition) is 4. The summed E-state index contributed by atoms with van der Waals surface area (Å²) >= 11 is 0. The number of rotatable bonds is 13. The molecule has 0 unspecified atom stereocenters. The van der Waals surface area contributed by atoms with Crippen LogP contribution in [-0.4, -0.2) is 94.2 Å². The molecule has 6 rings (SSSR count). The maximum absolute atomic E-state index is 14.2. The van der Waals surface area contributed by atoms with E-state index >= 15 is 0 Å². The van der Waals surface area contributed by atoms with Crippen LogP contribution < -0.4 is 10.6 Å². The van der Waals surface area contributed by atoms with Gasteiger partial charge in [-0.3, -0.25) is 19.3 Å². The van der Waals surface area contributed by atoms with E-state index in [0.717, 1.165) is 56.9 Å². The lowest BCUT2D eigenvalue weighted by molar-refractivity contribution is -0.157. The zero-order valence-electron chi connectivity index (χ0n) is 33.4. The van der Waals surface area contributed by atoms with Gasteiger partial charge in [0, 0.05) is 45.1 Å². The standard InChI is InChI=1S/C44H70N4O5/c1-6-7-9-14-40(51)45-35(26-30-12-10-8-11-13-30)41(52)46-36(25-29(2)3)42(53)48-23-21-47(22-24-48)37-28-44(5)31(27-38(37)49)15-16-32-33-17-18-39(50)43(33,4)20-19-34(32)44/h8,10-13,29,31-39,49-50H,6-7,9,14-28H2,1-5H3,(H,45,51)(H,46,52)/t31-,32-,33-,34-,35-,36-,37-,38-,39-,43-,44-/m0/s1. The zero-order valence-corrected chi connectivity index (χ0v) is 33.4. The summed E-state index contributed by atoms with van der Waals surface area (Å²) < 4.78 is 0. The molecule has 1 saturated heterocycles. The van der Waals surface area contributed by atoms with Crippen molar-refractivity contribution in [2.24, 2.45) is 40.4 Å². The molecule has 9 heteroatoms. The van der Waals surface area contributed by atoms with Gasteiger partial charge in [-0.15, -0.1) is 0 Å². The first-order valence-corrected chi connectivity index (χ1v) is 21.4. The molecule has 1 aliphatic heterocycles. The summed E-state index contributed by atoms with van der Waals surface area (Å²) in [5.74, 6) is 2.16. The van der Waals surface area contributed by atoms with Crippen molar-refractivity contribution >= 4 is 17.7 Å². The lowest BCUT2D eigenvalue weighted by Crippen LogP contribution is -2.63. The molecule has 5 fully saturated rings. The van der Waals surface area contributed by atoms with Gasteiger partial charge < -0.3 is 25.7 Å². The van der Waals surface area contributed by atoms with E-state index in [1.165, 1.54) is 19.3 Å². The zero-order chi connectivity index (χ0) is 37.9. The molecule has 0 bridgehead atoms. The molecule has 296 valence electrons. The first-order valence-electron chi connectivity index (χ1n) is 21.4. The van der Waals surface area contributed by atoms with E-state index in [9.17, 15) is 24.6 Å². The molecule has 4 aliphatic carbocycles. The average Bonchev–Trinajstić information content (AvgIpc) is 3.45. The van der Waals surface area contributed by atoms with E-state index in [1.54, 1.807) is 0 Å². The van der Waals surface area contributed by atoms with Gasteiger partial charge in [0.25, 0.3) is 0 Å². The summed E-state index contributed by atoms with van der Waals surface area (Å²) in [6, 6.07) is 8.37. The Morgan fingerprint density at radius 2 is 1.58 bits per heavy atom. The number of fused-ring (bicyclic) bond motifs is 5. The second kappa shape index (κ2) is 17.1. The van der Waals surface area contributed by atoms with Crippen molar-refractivity contribution < 1.29 is 24.6 Å². The molecule has 11 atom stereocenters. The Hall–Kier alpha value is -2.49. The number of piperazine rings is 1. The van der Waals surface area contributed by atoms with Gasteiger partial charge in [-0.2, -0.15) is 0 Å². The minimum Gasteiger partial charge on any atom is -0.393 e. The van der Waals surface area contributed by atoms with E-state index < -0.39 is 12.1 Å². The molecule has 5 aliphatic rings. The number of hydrogen-bond acceptors (Lipinski definition) is 6. The molecule has 3 amide bonds. The summed E-state index contributed by atoms with van der Waals surface area (Å²) in [5, 5.41) is 28.6. The SMILES string of the molecule is CCCCCC(=O)N[C@@H](Cc1ccccc1)C(=O)N[C@@H](CC(C)C)C(=O)N1CCN([C@H]2C[C@@]3(C)[C@@H](CC[C@@H]4[C@@H]3CC[C@]3(C)[C@@H](O)CC[C@@H]43)C[C@@H]2O)CC1. The molecular formula is C44H70N4O5. The Morgan fingerprint density at radius 1 is 0.868 bits per heavy atom. The number of nitrogens with zero attached hydrogens (tertiary/aromatic N) is 2. The van der Waals surface area contributed by atoms with Gasteiger partial charge in [0.2, 0.25) is 17.7 Å². The maximum Gasteiger partial charge on any atom is 0.245 e. The molecule has 1 heterocycles. The predicted octanol–water partition coefficient (Wildman–Crippen LogP) is 5.71. The Kier molecular flexibility index (Phi) is 13.0. The molecule has 4 N–H and O–H groups in total. The highest BCUT2D eigenvalue weighted by Gasteiger charge is 2.61. The number of unbranched alkanes of at least 4 members (excludes halogenated alkanes) is 2. The highest BCUT2D eigenvalue weighted by molar-refractivity contribution is 5.92. The fourth-order valence-corrected chi connectivity index (χ4v) is 11.9. The minimum atomic E-state index is -0.764. The van der Waals surface area contributed by atoms with Crippen LogP contribution in [0.5, 0.6) is 0 Å². The van der Waals surface area contributed by atoms with Crippen LogP contribution in [0, 0.1) is 40.4 Å². The number of amides is 3. The van der Waals surface area contributed by atoms with E-state index in [2.05, 4.69) is 50.2 Å². The summed E-state index contributed by atoms with van der Waals surface area (Å²) in [7, 11) is 0. The highest BCUT2D eigenvalue weighted by atomic mass is 16.3. The van der Waals surface area contributed by atoms with Crippen LogP contribution in [0.1, 0.15) is 124 Å². The molecule has 1 aromatic rings. The highest BCUT2D eigenvalue weighted by Crippen LogP contribution is 2.66. The molecule has 4 saturated carbocycles. The van der Waals surface area contributed by atoms with Crippen molar-refractivity contribution in [3.8, 4) is 0 Å². The van der Waals surface area contributed by atoms with Crippen molar-refractivity contribution in [1.29, 1.82) is 0 Å². The molecule has 0 aromatic heterocycles. The van der Waals surface area contributed by atoms with Gasteiger partial charge in [-0.25, -0.2) is 0 Å². The van der Waals surface area contributed by atoms with Crippen molar-refractivity contribution in [3.63, 3.8) is 0 Å². The monoisotopic (exact) mass is 735 g/mol. The topological polar surface area (TPSA) is 122 Å². The van der Waals surface area contributed by atoms with E-state index in [4.69, 9.17) is 0 Å². The van der Waals surface area contributed by atoms with Gasteiger partial charge in [-0.1, -0.05) is 77.8 Å². The van der Waals surface area contributed by atoms with E-state index in [-0.39, 0.29) is 52.7 Å². The second-order valence-electron chi connectivity index (χ2n) is 18.7. The van der Waals surface area contributed by atoms with Crippen molar-refractivity contribution in [1.82, 2.24) is 20.4 Å². The van der Waals surface area contributed by atoms with Crippen LogP contribution in [0.25, 0.3) is 0 Å². The van der Waals surface area contributed by atoms with Crippen molar-refractivity contribution in [2.45, 2.75) is 155 Å². The quantitative estimate of drug-likeness (QED) is 0.193. The number of nitrogens with one attached hydrogen (secondary N) is 2. The van der Waals surface area contributed by atoms with Gasteiger partial charge in [0.05, 0.1) is 12.2 Å². The van der Waals surface area contributed by atoms with Crippen LogP contribution >= 0.6 is 0 Å². The van der Waals surface area contributed by atoms with Gasteiger partial charge in [-0.05, 0) is 110 Å². The third-order valence-electron chi connectivity index (χ3n) is 15.0. The molecule has 0 spiro atoms. The number of aliphatic hydroxyl groups is 2. The van der Waals surface area contributed by atoms with E-state index in [0.29, 0.717) is 69.1 Å². The van der Waals surface area contributed by atoms with Gasteiger partial charge >= 0.3 is 0 Å². The fraction of sp³-hybridized carbons (Fsp3) is 0.795. The number of carbonyl (C=O) groups excluding carboxylic acids is 3. The summed E-state index contributed by atoms with van der Waals surface area (Å²) in [6.07, 6.45) is 12.2. The fourth-order valence-electron chi connectivity index (χ4n) is 11.9. The summed E-state index contributed by atoms with van der Waals surface area (Å²) in [6.45, 7) is 13.7. The van der Waals surface area contributed by atoms with Crippen LogP contribution in [0.3, 0.4) is 0 Å². The van der Waals surface area contributed by atoms with Gasteiger partial charge in [0.15, 0.2) is 0 Å². The molecule has 1 aromatic carbocycles. The van der Waals surface area contributed by atoms with Crippen LogP contribution in [0.15, 0.2) is 30.3 Å². The minimum absolute atomic E-state index is 0.0604. The number of aliphatic hydroxyl groups excluding tert-OH is 2. The third-order valence-corrected chi connectivity index (χ3v) is 15.0. The lowest BCUT2D eigenvalue weighted by Gasteiger charge is -2.62. The molecule has 9 nitrogen and oxygen atoms in total. The number of benzene rings is 1.